The van der Waals surface area contributed by atoms with Crippen LogP contribution in [0.3, 0.4) is 0 Å². The number of aromatic nitrogens is 3. The first kappa shape index (κ1) is 13.2. The van der Waals surface area contributed by atoms with E-state index in [0.717, 1.165) is 12.2 Å². The third-order valence-electron chi connectivity index (χ3n) is 2.77. The second-order valence-electron chi connectivity index (χ2n) is 4.30. The Morgan fingerprint density at radius 3 is 2.95 bits per heavy atom. The number of imidazole rings is 1. The molecule has 1 atom stereocenters. The maximum Gasteiger partial charge on any atom is 0.225 e. The summed E-state index contributed by atoms with van der Waals surface area (Å²) in [5, 5.41) is 2.77. The van der Waals surface area contributed by atoms with Crippen LogP contribution in [0.25, 0.3) is 5.82 Å². The van der Waals surface area contributed by atoms with Gasteiger partial charge in [0.15, 0.2) is 0 Å². The molecular weight excluding hydrogens is 242 g/mol. The molecule has 6 heteroatoms. The SMILES string of the molecule is CCC(N)CC(=O)Nc1ccc(-n2ccnc2)nc1. The van der Waals surface area contributed by atoms with Crippen LogP contribution in [0, 0.1) is 0 Å². The predicted molar refractivity (Wildman–Crippen MR) is 72.9 cm³/mol. The zero-order chi connectivity index (χ0) is 13.7. The van der Waals surface area contributed by atoms with E-state index >= 15 is 0 Å². The standard InChI is InChI=1S/C13H17N5O/c1-2-10(14)7-13(19)17-11-3-4-12(16-8-11)18-6-5-15-9-18/h3-6,8-10H,2,7,14H2,1H3,(H,17,19). The first-order valence-corrected chi connectivity index (χ1v) is 6.19. The van der Waals surface area contributed by atoms with Crippen molar-refractivity contribution in [2.24, 2.45) is 5.73 Å². The van der Waals surface area contributed by atoms with Crippen LogP contribution in [-0.2, 0) is 4.79 Å². The topological polar surface area (TPSA) is 85.8 Å². The van der Waals surface area contributed by atoms with Crippen molar-refractivity contribution in [1.82, 2.24) is 14.5 Å². The van der Waals surface area contributed by atoms with E-state index in [1.54, 1.807) is 35.6 Å². The molecule has 0 saturated carbocycles. The Kier molecular flexibility index (Phi) is 4.25. The number of amides is 1. The number of carbonyl (C=O) groups excluding carboxylic acids is 1. The van der Waals surface area contributed by atoms with Crippen molar-refractivity contribution < 1.29 is 4.79 Å². The molecule has 1 amide bonds. The summed E-state index contributed by atoms with van der Waals surface area (Å²) in [7, 11) is 0. The van der Waals surface area contributed by atoms with Gasteiger partial charge in [0.05, 0.1) is 11.9 Å². The van der Waals surface area contributed by atoms with E-state index in [-0.39, 0.29) is 11.9 Å². The molecule has 0 saturated heterocycles. The van der Waals surface area contributed by atoms with Crippen LogP contribution >= 0.6 is 0 Å². The lowest BCUT2D eigenvalue weighted by Gasteiger charge is -2.09. The summed E-state index contributed by atoms with van der Waals surface area (Å²) in [6.45, 7) is 1.96. The summed E-state index contributed by atoms with van der Waals surface area (Å²) in [5.74, 6) is 0.660. The molecule has 0 bridgehead atoms. The maximum atomic E-state index is 11.7. The number of nitrogens with zero attached hydrogens (tertiary/aromatic N) is 3. The van der Waals surface area contributed by atoms with Crippen LogP contribution in [0.15, 0.2) is 37.1 Å². The van der Waals surface area contributed by atoms with Crippen molar-refractivity contribution in [2.75, 3.05) is 5.32 Å². The van der Waals surface area contributed by atoms with Gasteiger partial charge in [0.2, 0.25) is 5.91 Å². The fourth-order valence-electron chi connectivity index (χ4n) is 1.60. The average molecular weight is 259 g/mol. The van der Waals surface area contributed by atoms with Crippen LogP contribution in [0.2, 0.25) is 0 Å². The summed E-state index contributed by atoms with van der Waals surface area (Å²) >= 11 is 0. The third kappa shape index (κ3) is 3.62. The van der Waals surface area contributed by atoms with Gasteiger partial charge in [-0.3, -0.25) is 9.36 Å². The molecule has 2 heterocycles. The monoisotopic (exact) mass is 259 g/mol. The van der Waals surface area contributed by atoms with Crippen molar-refractivity contribution in [3.8, 4) is 5.82 Å². The molecular formula is C13H17N5O. The Balaban J connectivity index is 1.97. The Labute approximate surface area is 111 Å². The number of carbonyl (C=O) groups is 1. The van der Waals surface area contributed by atoms with Crippen LogP contribution in [0.5, 0.6) is 0 Å². The molecule has 2 aromatic heterocycles. The second kappa shape index (κ2) is 6.10. The first-order valence-electron chi connectivity index (χ1n) is 6.19. The molecule has 1 unspecified atom stereocenters. The molecule has 100 valence electrons. The zero-order valence-electron chi connectivity index (χ0n) is 10.8. The number of pyridine rings is 1. The largest absolute Gasteiger partial charge is 0.327 e. The zero-order valence-corrected chi connectivity index (χ0v) is 10.8. The number of rotatable bonds is 5. The molecule has 0 radical (unpaired) electrons. The van der Waals surface area contributed by atoms with Gasteiger partial charge >= 0.3 is 0 Å². The molecule has 0 aliphatic heterocycles. The van der Waals surface area contributed by atoms with Crippen molar-refractivity contribution in [3.63, 3.8) is 0 Å². The molecule has 0 aromatic carbocycles. The van der Waals surface area contributed by atoms with E-state index < -0.39 is 0 Å². The lowest BCUT2D eigenvalue weighted by Crippen LogP contribution is -2.26. The number of nitrogens with two attached hydrogens (primary N) is 1. The van der Waals surface area contributed by atoms with Gasteiger partial charge in [0.25, 0.3) is 0 Å². The van der Waals surface area contributed by atoms with Gasteiger partial charge in [-0.15, -0.1) is 0 Å². The van der Waals surface area contributed by atoms with Gasteiger partial charge in [-0.2, -0.15) is 0 Å². The fourth-order valence-corrected chi connectivity index (χ4v) is 1.60. The summed E-state index contributed by atoms with van der Waals surface area (Å²) < 4.78 is 1.79. The van der Waals surface area contributed by atoms with E-state index in [0.29, 0.717) is 12.1 Å². The van der Waals surface area contributed by atoms with Crippen molar-refractivity contribution in [3.05, 3.63) is 37.1 Å². The molecule has 6 nitrogen and oxygen atoms in total. The van der Waals surface area contributed by atoms with E-state index in [1.807, 2.05) is 13.0 Å². The highest BCUT2D eigenvalue weighted by Gasteiger charge is 2.08. The summed E-state index contributed by atoms with van der Waals surface area (Å²) in [4.78, 5) is 19.9. The Morgan fingerprint density at radius 1 is 1.53 bits per heavy atom. The van der Waals surface area contributed by atoms with E-state index in [9.17, 15) is 4.79 Å². The quantitative estimate of drug-likeness (QED) is 0.848. The highest BCUT2D eigenvalue weighted by Crippen LogP contribution is 2.10. The summed E-state index contributed by atoms with van der Waals surface area (Å²) in [6.07, 6.45) is 7.88. The fraction of sp³-hybridized carbons (Fsp3) is 0.308. The number of hydrogen-bond donors (Lipinski definition) is 2. The number of nitrogens with one attached hydrogen (secondary N) is 1. The van der Waals surface area contributed by atoms with Gasteiger partial charge in [0, 0.05) is 24.9 Å². The molecule has 0 aliphatic rings. The summed E-state index contributed by atoms with van der Waals surface area (Å²) in [6, 6.07) is 3.52. The number of hydrogen-bond acceptors (Lipinski definition) is 4. The van der Waals surface area contributed by atoms with Crippen molar-refractivity contribution >= 4 is 11.6 Å². The minimum atomic E-state index is -0.0989. The number of anilines is 1. The van der Waals surface area contributed by atoms with Crippen LogP contribution in [0.1, 0.15) is 19.8 Å². The molecule has 2 rings (SSSR count). The Morgan fingerprint density at radius 2 is 2.37 bits per heavy atom. The van der Waals surface area contributed by atoms with E-state index in [4.69, 9.17) is 5.73 Å². The average Bonchev–Trinajstić information content (AvgIpc) is 2.93. The molecule has 3 N–H and O–H groups in total. The summed E-state index contributed by atoms with van der Waals surface area (Å²) in [5.41, 5.74) is 6.39. The lowest BCUT2D eigenvalue weighted by atomic mass is 10.1. The van der Waals surface area contributed by atoms with Gasteiger partial charge < -0.3 is 11.1 Å². The lowest BCUT2D eigenvalue weighted by molar-refractivity contribution is -0.116. The van der Waals surface area contributed by atoms with E-state index in [1.165, 1.54) is 0 Å². The van der Waals surface area contributed by atoms with Gasteiger partial charge in [-0.05, 0) is 18.6 Å². The van der Waals surface area contributed by atoms with Gasteiger partial charge in [-0.25, -0.2) is 9.97 Å². The highest BCUT2D eigenvalue weighted by molar-refractivity contribution is 5.90. The van der Waals surface area contributed by atoms with Crippen molar-refractivity contribution in [2.45, 2.75) is 25.8 Å². The van der Waals surface area contributed by atoms with Gasteiger partial charge in [0.1, 0.15) is 12.1 Å². The predicted octanol–water partition coefficient (Wildman–Crippen LogP) is 1.33. The van der Waals surface area contributed by atoms with Crippen molar-refractivity contribution in [1.29, 1.82) is 0 Å². The minimum absolute atomic E-state index is 0.0912. The van der Waals surface area contributed by atoms with Crippen LogP contribution < -0.4 is 11.1 Å². The molecule has 0 fully saturated rings. The second-order valence-corrected chi connectivity index (χ2v) is 4.30. The third-order valence-corrected chi connectivity index (χ3v) is 2.77. The molecule has 0 spiro atoms. The van der Waals surface area contributed by atoms with Crippen LogP contribution in [-0.4, -0.2) is 26.5 Å². The molecule has 0 aliphatic carbocycles. The Hall–Kier alpha value is -2.21. The van der Waals surface area contributed by atoms with Gasteiger partial charge in [-0.1, -0.05) is 6.92 Å². The maximum absolute atomic E-state index is 11.7. The molecule has 2 aromatic rings. The smallest absolute Gasteiger partial charge is 0.225 e. The normalized spacial score (nSPS) is 12.1. The van der Waals surface area contributed by atoms with Crippen LogP contribution in [0.4, 0.5) is 5.69 Å². The minimum Gasteiger partial charge on any atom is -0.327 e. The van der Waals surface area contributed by atoms with E-state index in [2.05, 4.69) is 15.3 Å². The first-order chi connectivity index (χ1) is 9.19. The highest BCUT2D eigenvalue weighted by atomic mass is 16.1. The Bertz CT molecular complexity index is 520. The molecule has 19 heavy (non-hydrogen) atoms.